The Bertz CT molecular complexity index is 844. The van der Waals surface area contributed by atoms with Crippen LogP contribution >= 0.6 is 23.2 Å². The summed E-state index contributed by atoms with van der Waals surface area (Å²) in [4.78, 5) is 12.3. The molecule has 0 saturated carbocycles. The van der Waals surface area contributed by atoms with E-state index >= 15 is 0 Å². The Hall–Kier alpha value is -2.22. The van der Waals surface area contributed by atoms with Crippen LogP contribution in [0.4, 0.5) is 5.69 Å². The molecule has 1 heterocycles. The first-order valence-corrected chi connectivity index (χ1v) is 7.60. The maximum absolute atomic E-state index is 12.3. The highest BCUT2D eigenvalue weighted by Gasteiger charge is 2.12. The highest BCUT2D eigenvalue weighted by molar-refractivity contribution is 6.42. The molecule has 1 aromatic heterocycles. The number of aromatic nitrogens is 1. The van der Waals surface area contributed by atoms with Gasteiger partial charge in [-0.05, 0) is 49.8 Å². The van der Waals surface area contributed by atoms with Crippen molar-refractivity contribution in [2.24, 2.45) is 7.05 Å². The number of carbonyl (C=O) groups is 1. The molecule has 0 unspecified atom stereocenters. The van der Waals surface area contributed by atoms with Crippen molar-refractivity contribution in [2.75, 3.05) is 5.32 Å². The second-order valence-electron chi connectivity index (χ2n) is 5.14. The summed E-state index contributed by atoms with van der Waals surface area (Å²) < 4.78 is 2.00. The van der Waals surface area contributed by atoms with E-state index in [-0.39, 0.29) is 5.57 Å². The van der Waals surface area contributed by atoms with Gasteiger partial charge in [-0.25, -0.2) is 0 Å². The third-order valence-electron chi connectivity index (χ3n) is 3.66. The molecule has 0 saturated heterocycles. The molecule has 118 valence electrons. The average molecular weight is 348 g/mol. The standard InChI is InChI=1S/C17H15Cl2N3O/c1-10-6-12(11(2)22(10)3)7-13(9-20)17(23)21-14-4-5-15(18)16(19)8-14/h4-8H,1-3H3,(H,21,23)/b13-7-. The Balaban J connectivity index is 2.28. The average Bonchev–Trinajstić information content (AvgIpc) is 2.75. The van der Waals surface area contributed by atoms with Crippen LogP contribution in [0.1, 0.15) is 17.0 Å². The van der Waals surface area contributed by atoms with E-state index in [2.05, 4.69) is 5.32 Å². The zero-order chi connectivity index (χ0) is 17.1. The lowest BCUT2D eigenvalue weighted by molar-refractivity contribution is -0.112. The molecular weight excluding hydrogens is 333 g/mol. The smallest absolute Gasteiger partial charge is 0.266 e. The summed E-state index contributed by atoms with van der Waals surface area (Å²) in [5.41, 5.74) is 3.37. The first kappa shape index (κ1) is 17.1. The van der Waals surface area contributed by atoms with Gasteiger partial charge in [0.1, 0.15) is 11.6 Å². The zero-order valence-electron chi connectivity index (χ0n) is 12.9. The number of hydrogen-bond donors (Lipinski definition) is 1. The van der Waals surface area contributed by atoms with Crippen molar-refractivity contribution in [3.8, 4) is 6.07 Å². The van der Waals surface area contributed by atoms with Crippen molar-refractivity contribution < 1.29 is 4.79 Å². The monoisotopic (exact) mass is 347 g/mol. The molecule has 0 spiro atoms. The minimum Gasteiger partial charge on any atom is -0.352 e. The minimum atomic E-state index is -0.494. The number of anilines is 1. The summed E-state index contributed by atoms with van der Waals surface area (Å²) in [6, 6.07) is 8.61. The van der Waals surface area contributed by atoms with Crippen molar-refractivity contribution in [1.29, 1.82) is 5.26 Å². The molecule has 1 aromatic carbocycles. The van der Waals surface area contributed by atoms with Gasteiger partial charge in [0.25, 0.3) is 5.91 Å². The third kappa shape index (κ3) is 3.76. The number of amides is 1. The molecule has 0 aliphatic heterocycles. The fourth-order valence-corrected chi connectivity index (χ4v) is 2.41. The number of benzene rings is 1. The Morgan fingerprint density at radius 3 is 2.48 bits per heavy atom. The van der Waals surface area contributed by atoms with Crippen LogP contribution in [-0.2, 0) is 11.8 Å². The molecule has 0 atom stereocenters. The largest absolute Gasteiger partial charge is 0.352 e. The van der Waals surface area contributed by atoms with Gasteiger partial charge >= 0.3 is 0 Å². The normalized spacial score (nSPS) is 11.2. The van der Waals surface area contributed by atoms with Crippen LogP contribution in [0, 0.1) is 25.2 Å². The van der Waals surface area contributed by atoms with E-state index in [0.29, 0.717) is 15.7 Å². The molecule has 23 heavy (non-hydrogen) atoms. The third-order valence-corrected chi connectivity index (χ3v) is 4.40. The Labute approximate surface area is 144 Å². The van der Waals surface area contributed by atoms with Crippen molar-refractivity contribution >= 4 is 40.9 Å². The first-order valence-electron chi connectivity index (χ1n) is 6.84. The lowest BCUT2D eigenvalue weighted by Gasteiger charge is -2.05. The van der Waals surface area contributed by atoms with E-state index in [4.69, 9.17) is 23.2 Å². The minimum absolute atomic E-state index is 0.0183. The molecule has 0 aliphatic carbocycles. The Kier molecular flexibility index (Phi) is 5.15. The number of rotatable bonds is 3. The molecule has 1 N–H and O–H groups in total. The quantitative estimate of drug-likeness (QED) is 0.656. The molecule has 0 bridgehead atoms. The van der Waals surface area contributed by atoms with E-state index < -0.39 is 5.91 Å². The maximum Gasteiger partial charge on any atom is 0.266 e. The van der Waals surface area contributed by atoms with Crippen molar-refractivity contribution in [2.45, 2.75) is 13.8 Å². The summed E-state index contributed by atoms with van der Waals surface area (Å²) in [5.74, 6) is -0.494. The molecule has 0 fully saturated rings. The topological polar surface area (TPSA) is 57.8 Å². The van der Waals surface area contributed by atoms with Gasteiger partial charge in [-0.3, -0.25) is 4.79 Å². The predicted molar refractivity (Wildman–Crippen MR) is 93.6 cm³/mol. The number of carbonyl (C=O) groups excluding carboxylic acids is 1. The maximum atomic E-state index is 12.3. The van der Waals surface area contributed by atoms with E-state index in [1.165, 1.54) is 6.07 Å². The molecule has 1 amide bonds. The molecular formula is C17H15Cl2N3O. The second kappa shape index (κ2) is 6.91. The summed E-state index contributed by atoms with van der Waals surface area (Å²) in [6.45, 7) is 3.90. The van der Waals surface area contributed by atoms with E-state index in [9.17, 15) is 10.1 Å². The van der Waals surface area contributed by atoms with Crippen LogP contribution < -0.4 is 5.32 Å². The van der Waals surface area contributed by atoms with Crippen LogP contribution in [0.15, 0.2) is 29.8 Å². The summed E-state index contributed by atoms with van der Waals surface area (Å²) in [5, 5.41) is 12.6. The fourth-order valence-electron chi connectivity index (χ4n) is 2.11. The Morgan fingerprint density at radius 2 is 1.96 bits per heavy atom. The highest BCUT2D eigenvalue weighted by atomic mass is 35.5. The van der Waals surface area contributed by atoms with Gasteiger partial charge in [-0.1, -0.05) is 23.2 Å². The molecule has 6 heteroatoms. The highest BCUT2D eigenvalue weighted by Crippen LogP contribution is 2.25. The summed E-state index contributed by atoms with van der Waals surface area (Å²) in [7, 11) is 1.93. The number of halogens is 2. The lowest BCUT2D eigenvalue weighted by Crippen LogP contribution is -2.13. The van der Waals surface area contributed by atoms with Gasteiger partial charge in [0.15, 0.2) is 0 Å². The zero-order valence-corrected chi connectivity index (χ0v) is 14.5. The number of hydrogen-bond acceptors (Lipinski definition) is 2. The van der Waals surface area contributed by atoms with Crippen LogP contribution in [0.3, 0.4) is 0 Å². The predicted octanol–water partition coefficient (Wildman–Crippen LogP) is 4.49. The van der Waals surface area contributed by atoms with E-state index in [1.54, 1.807) is 18.2 Å². The van der Waals surface area contributed by atoms with Gasteiger partial charge < -0.3 is 9.88 Å². The number of aryl methyl sites for hydroxylation is 1. The first-order chi connectivity index (χ1) is 10.8. The summed E-state index contributed by atoms with van der Waals surface area (Å²) >= 11 is 11.8. The van der Waals surface area contributed by atoms with Crippen LogP contribution in [0.5, 0.6) is 0 Å². The molecule has 0 aliphatic rings. The van der Waals surface area contributed by atoms with Crippen LogP contribution in [0.25, 0.3) is 6.08 Å². The van der Waals surface area contributed by atoms with Crippen LogP contribution in [0.2, 0.25) is 10.0 Å². The summed E-state index contributed by atoms with van der Waals surface area (Å²) in [6.07, 6.45) is 1.58. The van der Waals surface area contributed by atoms with Gasteiger partial charge in [0.05, 0.1) is 10.0 Å². The van der Waals surface area contributed by atoms with Crippen molar-refractivity contribution in [3.05, 3.63) is 56.8 Å². The number of nitriles is 1. The molecule has 4 nitrogen and oxygen atoms in total. The Morgan fingerprint density at radius 1 is 1.26 bits per heavy atom. The molecule has 2 rings (SSSR count). The van der Waals surface area contributed by atoms with Gasteiger partial charge in [-0.15, -0.1) is 0 Å². The van der Waals surface area contributed by atoms with Gasteiger partial charge in [0.2, 0.25) is 0 Å². The van der Waals surface area contributed by atoms with Crippen LogP contribution in [-0.4, -0.2) is 10.5 Å². The SMILES string of the molecule is Cc1cc(/C=C(/C#N)C(=O)Nc2ccc(Cl)c(Cl)c2)c(C)n1C. The fraction of sp³-hybridized carbons (Fsp3) is 0.176. The van der Waals surface area contributed by atoms with E-state index in [1.807, 2.05) is 37.6 Å². The van der Waals surface area contributed by atoms with E-state index in [0.717, 1.165) is 17.0 Å². The lowest BCUT2D eigenvalue weighted by atomic mass is 10.1. The molecule has 2 aromatic rings. The van der Waals surface area contributed by atoms with Crippen molar-refractivity contribution in [3.63, 3.8) is 0 Å². The number of nitrogens with zero attached hydrogens (tertiary/aromatic N) is 2. The van der Waals surface area contributed by atoms with Crippen molar-refractivity contribution in [1.82, 2.24) is 4.57 Å². The second-order valence-corrected chi connectivity index (χ2v) is 5.95. The molecule has 0 radical (unpaired) electrons. The number of nitrogens with one attached hydrogen (secondary N) is 1. The van der Waals surface area contributed by atoms with Gasteiger partial charge in [0, 0.05) is 24.1 Å². The van der Waals surface area contributed by atoms with Gasteiger partial charge in [-0.2, -0.15) is 5.26 Å².